The van der Waals surface area contributed by atoms with Gasteiger partial charge in [0, 0.05) is 5.56 Å². The van der Waals surface area contributed by atoms with E-state index in [1.165, 1.54) is 0 Å². The highest BCUT2D eigenvalue weighted by Gasteiger charge is 2.16. The molecular weight excluding hydrogens is 304 g/mol. The van der Waals surface area contributed by atoms with Crippen LogP contribution in [0.5, 0.6) is 11.5 Å². The van der Waals surface area contributed by atoms with Gasteiger partial charge in [-0.3, -0.25) is 4.79 Å². The van der Waals surface area contributed by atoms with Crippen molar-refractivity contribution in [2.45, 2.75) is 20.3 Å². The molecule has 1 amide bonds. The van der Waals surface area contributed by atoms with Gasteiger partial charge in [0.2, 0.25) is 6.79 Å². The average Bonchev–Trinajstić information content (AvgIpc) is 3.06. The first-order valence-electron chi connectivity index (χ1n) is 7.95. The molecule has 5 nitrogen and oxygen atoms in total. The minimum atomic E-state index is -0.273. The van der Waals surface area contributed by atoms with Gasteiger partial charge in [-0.1, -0.05) is 44.2 Å². The maximum Gasteiger partial charge on any atom is 0.271 e. The van der Waals surface area contributed by atoms with Crippen molar-refractivity contribution in [2.75, 3.05) is 6.79 Å². The number of benzene rings is 2. The Bertz CT molecular complexity index is 754. The lowest BCUT2D eigenvalue weighted by molar-refractivity contribution is 0.0954. The Morgan fingerprint density at radius 1 is 1.08 bits per heavy atom. The van der Waals surface area contributed by atoms with Gasteiger partial charge in [-0.2, -0.15) is 5.10 Å². The predicted octanol–water partition coefficient (Wildman–Crippen LogP) is 3.60. The standard InChI is InChI=1S/C19H20N2O3/c1-13(2)10-16(14-6-4-3-5-7-14)20-21-19(22)15-8-9-17-18(11-15)24-12-23-17/h3-9,11,13H,10,12H2,1-2H3,(H,21,22)/b20-16-. The second kappa shape index (κ2) is 7.17. The van der Waals surface area contributed by atoms with E-state index in [4.69, 9.17) is 9.47 Å². The highest BCUT2D eigenvalue weighted by atomic mass is 16.7. The molecule has 124 valence electrons. The lowest BCUT2D eigenvalue weighted by Crippen LogP contribution is -2.20. The lowest BCUT2D eigenvalue weighted by Gasteiger charge is -2.10. The molecule has 0 unspecified atom stereocenters. The molecule has 5 heteroatoms. The molecule has 2 aromatic carbocycles. The topological polar surface area (TPSA) is 59.9 Å². The molecule has 0 aliphatic carbocycles. The van der Waals surface area contributed by atoms with Crippen molar-refractivity contribution in [3.8, 4) is 11.5 Å². The van der Waals surface area contributed by atoms with Gasteiger partial charge in [0.15, 0.2) is 11.5 Å². The number of fused-ring (bicyclic) bond motifs is 1. The summed E-state index contributed by atoms with van der Waals surface area (Å²) in [6.07, 6.45) is 0.783. The minimum absolute atomic E-state index is 0.186. The summed E-state index contributed by atoms with van der Waals surface area (Å²) in [5.74, 6) is 1.40. The summed E-state index contributed by atoms with van der Waals surface area (Å²) >= 11 is 0. The zero-order chi connectivity index (χ0) is 16.9. The van der Waals surface area contributed by atoms with Gasteiger partial charge in [0.05, 0.1) is 5.71 Å². The van der Waals surface area contributed by atoms with Crippen LogP contribution in [-0.4, -0.2) is 18.4 Å². The van der Waals surface area contributed by atoms with Crippen LogP contribution >= 0.6 is 0 Å². The van der Waals surface area contributed by atoms with Crippen LogP contribution in [0.2, 0.25) is 0 Å². The summed E-state index contributed by atoms with van der Waals surface area (Å²) in [5.41, 5.74) is 5.00. The molecule has 0 radical (unpaired) electrons. The van der Waals surface area contributed by atoms with E-state index < -0.39 is 0 Å². The zero-order valence-electron chi connectivity index (χ0n) is 13.8. The van der Waals surface area contributed by atoms with Crippen LogP contribution in [0.3, 0.4) is 0 Å². The monoisotopic (exact) mass is 324 g/mol. The molecule has 24 heavy (non-hydrogen) atoms. The number of hydrazone groups is 1. The van der Waals surface area contributed by atoms with Gasteiger partial charge in [-0.15, -0.1) is 0 Å². The van der Waals surface area contributed by atoms with Crippen LogP contribution in [0, 0.1) is 5.92 Å². The van der Waals surface area contributed by atoms with Gasteiger partial charge in [0.25, 0.3) is 5.91 Å². The molecule has 2 aromatic rings. The first-order chi connectivity index (χ1) is 11.6. The Morgan fingerprint density at radius 3 is 2.58 bits per heavy atom. The van der Waals surface area contributed by atoms with Crippen molar-refractivity contribution in [1.29, 1.82) is 0 Å². The zero-order valence-corrected chi connectivity index (χ0v) is 13.8. The molecule has 0 atom stereocenters. The van der Waals surface area contributed by atoms with Crippen LogP contribution in [0.25, 0.3) is 0 Å². The maximum absolute atomic E-state index is 12.4. The normalized spacial score (nSPS) is 13.2. The molecule has 1 heterocycles. The highest BCUT2D eigenvalue weighted by molar-refractivity contribution is 6.02. The largest absolute Gasteiger partial charge is 0.454 e. The number of carbonyl (C=O) groups excluding carboxylic acids is 1. The second-order valence-corrected chi connectivity index (χ2v) is 6.03. The van der Waals surface area contributed by atoms with E-state index in [-0.39, 0.29) is 12.7 Å². The minimum Gasteiger partial charge on any atom is -0.454 e. The van der Waals surface area contributed by atoms with Crippen LogP contribution in [0.1, 0.15) is 36.2 Å². The third-order valence-corrected chi connectivity index (χ3v) is 3.64. The van der Waals surface area contributed by atoms with Crippen molar-refractivity contribution >= 4 is 11.6 Å². The summed E-state index contributed by atoms with van der Waals surface area (Å²) in [6, 6.07) is 15.0. The number of hydrogen-bond acceptors (Lipinski definition) is 4. The van der Waals surface area contributed by atoms with Gasteiger partial charge >= 0.3 is 0 Å². The molecule has 3 rings (SSSR count). The third kappa shape index (κ3) is 3.74. The molecule has 1 aliphatic rings. The number of rotatable bonds is 5. The summed E-state index contributed by atoms with van der Waals surface area (Å²) in [4.78, 5) is 12.4. The van der Waals surface area contributed by atoms with E-state index in [1.807, 2.05) is 30.3 Å². The Hall–Kier alpha value is -2.82. The van der Waals surface area contributed by atoms with Crippen molar-refractivity contribution < 1.29 is 14.3 Å². The van der Waals surface area contributed by atoms with E-state index in [2.05, 4.69) is 24.4 Å². The third-order valence-electron chi connectivity index (χ3n) is 3.64. The quantitative estimate of drug-likeness (QED) is 0.675. The first-order valence-corrected chi connectivity index (χ1v) is 7.95. The van der Waals surface area contributed by atoms with Crippen molar-refractivity contribution in [3.05, 3.63) is 59.7 Å². The van der Waals surface area contributed by atoms with Crippen molar-refractivity contribution in [1.82, 2.24) is 5.43 Å². The maximum atomic E-state index is 12.4. The number of ether oxygens (including phenoxy) is 2. The molecule has 0 bridgehead atoms. The fourth-order valence-electron chi connectivity index (χ4n) is 2.47. The molecular formula is C19H20N2O3. The molecule has 0 aromatic heterocycles. The summed E-state index contributed by atoms with van der Waals surface area (Å²) < 4.78 is 10.6. The van der Waals surface area contributed by atoms with Crippen molar-refractivity contribution in [2.24, 2.45) is 11.0 Å². The fourth-order valence-corrected chi connectivity index (χ4v) is 2.47. The van der Waals surface area contributed by atoms with Gasteiger partial charge < -0.3 is 9.47 Å². The van der Waals surface area contributed by atoms with Crippen LogP contribution in [0.4, 0.5) is 0 Å². The van der Waals surface area contributed by atoms with Crippen molar-refractivity contribution in [3.63, 3.8) is 0 Å². The summed E-state index contributed by atoms with van der Waals surface area (Å²) in [7, 11) is 0. The summed E-state index contributed by atoms with van der Waals surface area (Å²) in [6.45, 7) is 4.43. The Morgan fingerprint density at radius 2 is 1.83 bits per heavy atom. The second-order valence-electron chi connectivity index (χ2n) is 6.03. The van der Waals surface area contributed by atoms with Crippen LogP contribution < -0.4 is 14.9 Å². The lowest BCUT2D eigenvalue weighted by atomic mass is 10.0. The first kappa shape index (κ1) is 16.1. The highest BCUT2D eigenvalue weighted by Crippen LogP contribution is 2.32. The van der Waals surface area contributed by atoms with Gasteiger partial charge in [-0.25, -0.2) is 5.43 Å². The van der Waals surface area contributed by atoms with E-state index >= 15 is 0 Å². The molecule has 1 N–H and O–H groups in total. The average molecular weight is 324 g/mol. The number of nitrogens with zero attached hydrogens (tertiary/aromatic N) is 1. The number of carbonyl (C=O) groups is 1. The van der Waals surface area contributed by atoms with E-state index in [0.717, 1.165) is 17.7 Å². The Labute approximate surface area is 141 Å². The number of amides is 1. The van der Waals surface area contributed by atoms with Crippen LogP contribution in [-0.2, 0) is 0 Å². The van der Waals surface area contributed by atoms with E-state index in [1.54, 1.807) is 18.2 Å². The molecule has 0 saturated carbocycles. The predicted molar refractivity (Wildman–Crippen MR) is 92.5 cm³/mol. The van der Waals surface area contributed by atoms with E-state index in [0.29, 0.717) is 23.0 Å². The Kier molecular flexibility index (Phi) is 4.79. The molecule has 0 spiro atoms. The number of hydrogen-bond donors (Lipinski definition) is 1. The van der Waals surface area contributed by atoms with Gasteiger partial charge in [0.1, 0.15) is 0 Å². The SMILES string of the molecule is CC(C)C/C(=N/NC(=O)c1ccc2c(c1)OCO2)c1ccccc1. The molecule has 0 saturated heterocycles. The summed E-state index contributed by atoms with van der Waals surface area (Å²) in [5, 5.41) is 4.35. The smallest absolute Gasteiger partial charge is 0.271 e. The molecule has 0 fully saturated rings. The fraction of sp³-hybridized carbons (Fsp3) is 0.263. The van der Waals surface area contributed by atoms with Crippen LogP contribution in [0.15, 0.2) is 53.6 Å². The number of nitrogens with one attached hydrogen (secondary N) is 1. The Balaban J connectivity index is 1.77. The molecule has 1 aliphatic heterocycles. The van der Waals surface area contributed by atoms with E-state index in [9.17, 15) is 4.79 Å². The van der Waals surface area contributed by atoms with Gasteiger partial charge in [-0.05, 0) is 36.1 Å².